The van der Waals surface area contributed by atoms with Gasteiger partial charge in [0.05, 0.1) is 7.11 Å². The maximum Gasteiger partial charge on any atom is 0.333 e. The predicted octanol–water partition coefficient (Wildman–Crippen LogP) is 1.28. The third-order valence-corrected chi connectivity index (χ3v) is 2.12. The molecule has 14 heavy (non-hydrogen) atoms. The standard InChI is InChI=1S/C10H12O4/c1-14-10(13)8-4-2-3-7(8)5-6-9(11)12/h5-6H,2-4H2,1H3,(H,11,12)/b6-5+. The van der Waals surface area contributed by atoms with E-state index < -0.39 is 5.97 Å². The number of carboxylic acid groups (broad SMARTS) is 1. The van der Waals surface area contributed by atoms with E-state index >= 15 is 0 Å². The van der Waals surface area contributed by atoms with Crippen LogP contribution in [-0.4, -0.2) is 24.2 Å². The minimum absolute atomic E-state index is 0.354. The average molecular weight is 196 g/mol. The van der Waals surface area contributed by atoms with E-state index in [1.54, 1.807) is 0 Å². The topological polar surface area (TPSA) is 63.6 Å². The van der Waals surface area contributed by atoms with Crippen LogP contribution in [0.4, 0.5) is 0 Å². The Kier molecular flexibility index (Phi) is 3.45. The molecule has 1 aliphatic rings. The summed E-state index contributed by atoms with van der Waals surface area (Å²) in [5, 5.41) is 8.43. The Morgan fingerprint density at radius 1 is 1.43 bits per heavy atom. The van der Waals surface area contributed by atoms with E-state index in [9.17, 15) is 9.59 Å². The van der Waals surface area contributed by atoms with Gasteiger partial charge in [0, 0.05) is 11.6 Å². The van der Waals surface area contributed by atoms with Crippen LogP contribution in [0.15, 0.2) is 23.3 Å². The highest BCUT2D eigenvalue weighted by molar-refractivity contribution is 5.91. The van der Waals surface area contributed by atoms with Gasteiger partial charge in [-0.2, -0.15) is 0 Å². The van der Waals surface area contributed by atoms with Crippen molar-refractivity contribution in [2.75, 3.05) is 7.11 Å². The summed E-state index contributed by atoms with van der Waals surface area (Å²) in [6.45, 7) is 0. The summed E-state index contributed by atoms with van der Waals surface area (Å²) < 4.78 is 4.59. The Labute approximate surface area is 81.9 Å². The van der Waals surface area contributed by atoms with E-state index in [4.69, 9.17) is 5.11 Å². The first kappa shape index (κ1) is 10.5. The van der Waals surface area contributed by atoms with Gasteiger partial charge in [-0.05, 0) is 24.8 Å². The van der Waals surface area contributed by atoms with Crippen molar-refractivity contribution >= 4 is 11.9 Å². The van der Waals surface area contributed by atoms with Gasteiger partial charge in [0.1, 0.15) is 0 Å². The monoisotopic (exact) mass is 196 g/mol. The Balaban J connectivity index is 2.82. The number of allylic oxidation sites excluding steroid dienone is 2. The van der Waals surface area contributed by atoms with Gasteiger partial charge in [0.25, 0.3) is 0 Å². The molecular weight excluding hydrogens is 184 g/mol. The van der Waals surface area contributed by atoms with Gasteiger partial charge in [-0.25, -0.2) is 9.59 Å². The molecule has 0 fully saturated rings. The lowest BCUT2D eigenvalue weighted by molar-refractivity contribution is -0.136. The molecule has 0 amide bonds. The number of hydrogen-bond donors (Lipinski definition) is 1. The zero-order chi connectivity index (χ0) is 10.6. The lowest BCUT2D eigenvalue weighted by Gasteiger charge is -2.00. The van der Waals surface area contributed by atoms with Crippen molar-refractivity contribution in [3.05, 3.63) is 23.3 Å². The summed E-state index contributed by atoms with van der Waals surface area (Å²) >= 11 is 0. The molecule has 4 heteroatoms. The number of esters is 1. The number of hydrogen-bond acceptors (Lipinski definition) is 3. The summed E-state index contributed by atoms with van der Waals surface area (Å²) in [6, 6.07) is 0. The maximum atomic E-state index is 11.2. The lowest BCUT2D eigenvalue weighted by Crippen LogP contribution is -2.03. The Morgan fingerprint density at radius 2 is 2.14 bits per heavy atom. The predicted molar refractivity (Wildman–Crippen MR) is 49.7 cm³/mol. The highest BCUT2D eigenvalue weighted by atomic mass is 16.5. The third kappa shape index (κ3) is 2.45. The van der Waals surface area contributed by atoms with Crippen LogP contribution in [-0.2, 0) is 14.3 Å². The summed E-state index contributed by atoms with van der Waals surface area (Å²) in [6.07, 6.45) is 4.81. The molecule has 0 aromatic heterocycles. The molecule has 0 unspecified atom stereocenters. The Morgan fingerprint density at radius 3 is 2.71 bits per heavy atom. The van der Waals surface area contributed by atoms with Crippen molar-refractivity contribution < 1.29 is 19.4 Å². The Bertz CT molecular complexity index is 312. The molecule has 76 valence electrons. The van der Waals surface area contributed by atoms with Gasteiger partial charge in [-0.15, -0.1) is 0 Å². The largest absolute Gasteiger partial charge is 0.478 e. The second kappa shape index (κ2) is 4.60. The molecule has 0 aliphatic heterocycles. The number of methoxy groups -OCH3 is 1. The molecule has 0 spiro atoms. The number of carbonyl (C=O) groups excluding carboxylic acids is 1. The van der Waals surface area contributed by atoms with Crippen molar-refractivity contribution in [2.45, 2.75) is 19.3 Å². The van der Waals surface area contributed by atoms with Crippen molar-refractivity contribution in [3.8, 4) is 0 Å². The number of rotatable bonds is 3. The minimum Gasteiger partial charge on any atom is -0.478 e. The first-order valence-electron chi connectivity index (χ1n) is 4.36. The van der Waals surface area contributed by atoms with Crippen LogP contribution in [0.3, 0.4) is 0 Å². The fourth-order valence-electron chi connectivity index (χ4n) is 1.48. The zero-order valence-electron chi connectivity index (χ0n) is 7.95. The van der Waals surface area contributed by atoms with E-state index in [-0.39, 0.29) is 5.97 Å². The molecule has 0 aromatic carbocycles. The molecule has 1 aliphatic carbocycles. The van der Waals surface area contributed by atoms with E-state index in [1.165, 1.54) is 13.2 Å². The highest BCUT2D eigenvalue weighted by Crippen LogP contribution is 2.27. The van der Waals surface area contributed by atoms with Crippen LogP contribution >= 0.6 is 0 Å². The molecule has 1 N–H and O–H groups in total. The van der Waals surface area contributed by atoms with Crippen LogP contribution < -0.4 is 0 Å². The van der Waals surface area contributed by atoms with Gasteiger partial charge in [-0.3, -0.25) is 0 Å². The second-order valence-electron chi connectivity index (χ2n) is 3.02. The third-order valence-electron chi connectivity index (χ3n) is 2.12. The number of aliphatic carboxylic acids is 1. The lowest BCUT2D eigenvalue weighted by atomic mass is 10.1. The minimum atomic E-state index is -1.01. The SMILES string of the molecule is COC(=O)C1=C(/C=C/C(=O)O)CCC1. The molecule has 0 saturated heterocycles. The fraction of sp³-hybridized carbons (Fsp3) is 0.400. The van der Waals surface area contributed by atoms with Gasteiger partial charge < -0.3 is 9.84 Å². The van der Waals surface area contributed by atoms with E-state index in [1.807, 2.05) is 0 Å². The molecule has 0 atom stereocenters. The molecule has 0 bridgehead atoms. The quantitative estimate of drug-likeness (QED) is 0.545. The molecule has 1 rings (SSSR count). The highest BCUT2D eigenvalue weighted by Gasteiger charge is 2.19. The average Bonchev–Trinajstić information content (AvgIpc) is 2.61. The molecule has 0 saturated carbocycles. The zero-order valence-corrected chi connectivity index (χ0v) is 7.95. The van der Waals surface area contributed by atoms with Crippen LogP contribution in [0.2, 0.25) is 0 Å². The van der Waals surface area contributed by atoms with Crippen molar-refractivity contribution in [1.29, 1.82) is 0 Å². The summed E-state index contributed by atoms with van der Waals surface area (Å²) in [4.78, 5) is 21.5. The molecule has 0 heterocycles. The van der Waals surface area contributed by atoms with Crippen molar-refractivity contribution in [1.82, 2.24) is 0 Å². The van der Waals surface area contributed by atoms with E-state index in [0.29, 0.717) is 12.0 Å². The Hall–Kier alpha value is -1.58. The number of carbonyl (C=O) groups is 2. The molecular formula is C10H12O4. The van der Waals surface area contributed by atoms with Crippen LogP contribution in [0.25, 0.3) is 0 Å². The second-order valence-corrected chi connectivity index (χ2v) is 3.02. The normalized spacial score (nSPS) is 16.4. The van der Waals surface area contributed by atoms with Gasteiger partial charge in [-0.1, -0.05) is 6.08 Å². The fourth-order valence-corrected chi connectivity index (χ4v) is 1.48. The van der Waals surface area contributed by atoms with Crippen LogP contribution in [0.1, 0.15) is 19.3 Å². The smallest absolute Gasteiger partial charge is 0.333 e. The van der Waals surface area contributed by atoms with Crippen molar-refractivity contribution in [3.63, 3.8) is 0 Å². The van der Waals surface area contributed by atoms with Gasteiger partial charge in [0.15, 0.2) is 0 Å². The number of ether oxygens (including phenoxy) is 1. The first-order valence-corrected chi connectivity index (χ1v) is 4.36. The molecule has 0 aromatic rings. The molecule has 0 radical (unpaired) electrons. The van der Waals surface area contributed by atoms with Crippen molar-refractivity contribution in [2.24, 2.45) is 0 Å². The van der Waals surface area contributed by atoms with E-state index in [0.717, 1.165) is 24.5 Å². The summed E-state index contributed by atoms with van der Waals surface area (Å²) in [7, 11) is 1.33. The summed E-state index contributed by atoms with van der Waals surface area (Å²) in [5.74, 6) is -1.36. The molecule has 4 nitrogen and oxygen atoms in total. The van der Waals surface area contributed by atoms with Gasteiger partial charge >= 0.3 is 11.9 Å². The van der Waals surface area contributed by atoms with Gasteiger partial charge in [0.2, 0.25) is 0 Å². The van der Waals surface area contributed by atoms with Crippen LogP contribution in [0, 0.1) is 0 Å². The summed E-state index contributed by atoms with van der Waals surface area (Å²) in [5.41, 5.74) is 1.38. The van der Waals surface area contributed by atoms with E-state index in [2.05, 4.69) is 4.74 Å². The first-order chi connectivity index (χ1) is 6.65. The maximum absolute atomic E-state index is 11.2. The van der Waals surface area contributed by atoms with Crippen LogP contribution in [0.5, 0.6) is 0 Å². The number of carboxylic acids is 1.